The summed E-state index contributed by atoms with van der Waals surface area (Å²) in [5.41, 5.74) is 0.344. The second-order valence-corrected chi connectivity index (χ2v) is 9.98. The number of nitrogens with one attached hydrogen (secondary N) is 1. The molecule has 4 rings (SSSR count). The monoisotopic (exact) mass is 494 g/mol. The number of halogens is 1. The Morgan fingerprint density at radius 1 is 1.27 bits per heavy atom. The Bertz CT molecular complexity index is 1050. The molecule has 2 atom stereocenters. The van der Waals surface area contributed by atoms with E-state index in [-0.39, 0.29) is 23.3 Å². The zero-order valence-corrected chi connectivity index (χ0v) is 20.9. The highest BCUT2D eigenvalue weighted by Crippen LogP contribution is 2.26. The summed E-state index contributed by atoms with van der Waals surface area (Å²) in [6, 6.07) is 4.98. The lowest BCUT2D eigenvalue weighted by Crippen LogP contribution is -2.37. The van der Waals surface area contributed by atoms with Gasteiger partial charge in [-0.1, -0.05) is 23.4 Å². The van der Waals surface area contributed by atoms with Gasteiger partial charge in [0.15, 0.2) is 5.16 Å². The molecule has 2 amide bonds. The average Bonchev–Trinajstić information content (AvgIpc) is 3.33. The first-order valence-electron chi connectivity index (χ1n) is 11.2. The molecular weight excluding hydrogens is 464 g/mol. The molecule has 1 N–H and O–H groups in total. The van der Waals surface area contributed by atoms with Crippen molar-refractivity contribution >= 4 is 46.1 Å². The third-order valence-corrected chi connectivity index (χ3v) is 7.19. The summed E-state index contributed by atoms with van der Waals surface area (Å²) in [5.74, 6) is -0.260. The van der Waals surface area contributed by atoms with Crippen LogP contribution in [0.2, 0.25) is 5.02 Å². The van der Waals surface area contributed by atoms with Crippen molar-refractivity contribution in [2.75, 3.05) is 33.4 Å². The molecule has 33 heavy (non-hydrogen) atoms. The predicted molar refractivity (Wildman–Crippen MR) is 131 cm³/mol. The Hall–Kier alpha value is -2.10. The van der Waals surface area contributed by atoms with Gasteiger partial charge in [-0.15, -0.1) is 0 Å². The third kappa shape index (κ3) is 6.49. The van der Waals surface area contributed by atoms with Crippen LogP contribution in [0.1, 0.15) is 32.6 Å². The van der Waals surface area contributed by atoms with Crippen molar-refractivity contribution in [3.05, 3.63) is 33.6 Å². The van der Waals surface area contributed by atoms with Crippen LogP contribution in [-0.2, 0) is 21.4 Å². The Balaban J connectivity index is 0.000000442. The number of hydrogen-bond acceptors (Lipinski definition) is 6. The number of nitrogens with zero attached hydrogens (tertiary/aromatic N) is 3. The highest BCUT2D eigenvalue weighted by atomic mass is 35.5. The summed E-state index contributed by atoms with van der Waals surface area (Å²) in [4.78, 5) is 43.3. The maximum absolute atomic E-state index is 12.8. The molecule has 180 valence electrons. The normalized spacial score (nSPS) is 19.0. The summed E-state index contributed by atoms with van der Waals surface area (Å²) in [6.07, 6.45) is 4.59. The molecule has 0 spiro atoms. The zero-order chi connectivity index (χ0) is 24.0. The predicted octanol–water partition coefficient (Wildman–Crippen LogP) is 2.85. The fourth-order valence-electron chi connectivity index (χ4n) is 3.86. The number of aromatic nitrogens is 2. The number of carbonyl (C=O) groups excluding carboxylic acids is 2. The van der Waals surface area contributed by atoms with Crippen LogP contribution >= 0.6 is 23.4 Å². The van der Waals surface area contributed by atoms with E-state index in [1.54, 1.807) is 44.1 Å². The van der Waals surface area contributed by atoms with Crippen molar-refractivity contribution in [3.8, 4) is 0 Å². The summed E-state index contributed by atoms with van der Waals surface area (Å²) >= 11 is 7.21. The van der Waals surface area contributed by atoms with Gasteiger partial charge in [0, 0.05) is 45.4 Å². The number of thioether (sulfide) groups is 1. The van der Waals surface area contributed by atoms with Gasteiger partial charge in [0.05, 0.1) is 22.1 Å². The first kappa shape index (κ1) is 25.5. The van der Waals surface area contributed by atoms with Crippen molar-refractivity contribution in [1.82, 2.24) is 19.8 Å². The van der Waals surface area contributed by atoms with Crippen molar-refractivity contribution < 1.29 is 14.3 Å². The molecule has 2 aliphatic heterocycles. The molecule has 2 aromatic rings. The maximum Gasteiger partial charge on any atom is 0.261 e. The SMILES string of the molecule is C1CCOCC1.CNC(=O)C1CCN(C(=O)C(C)Sc2nc3ccc(Cl)cc3c(=O)n2C)C1. The average molecular weight is 495 g/mol. The van der Waals surface area contributed by atoms with Crippen molar-refractivity contribution in [3.63, 3.8) is 0 Å². The van der Waals surface area contributed by atoms with Crippen LogP contribution in [0.25, 0.3) is 10.9 Å². The van der Waals surface area contributed by atoms with Gasteiger partial charge in [0.25, 0.3) is 5.56 Å². The second kappa shape index (κ2) is 11.9. The van der Waals surface area contributed by atoms with E-state index in [0.717, 1.165) is 13.2 Å². The van der Waals surface area contributed by atoms with Crippen LogP contribution in [-0.4, -0.2) is 64.9 Å². The van der Waals surface area contributed by atoms with E-state index >= 15 is 0 Å². The number of benzene rings is 1. The lowest BCUT2D eigenvalue weighted by atomic mass is 10.1. The molecule has 2 saturated heterocycles. The highest BCUT2D eigenvalue weighted by molar-refractivity contribution is 8.00. The first-order chi connectivity index (χ1) is 15.8. The molecule has 1 aromatic carbocycles. The van der Waals surface area contributed by atoms with E-state index in [1.807, 2.05) is 0 Å². The Morgan fingerprint density at radius 2 is 2.00 bits per heavy atom. The van der Waals surface area contributed by atoms with Crippen molar-refractivity contribution in [1.29, 1.82) is 0 Å². The second-order valence-electron chi connectivity index (χ2n) is 8.24. The first-order valence-corrected chi connectivity index (χ1v) is 12.5. The lowest BCUT2D eigenvalue weighted by molar-refractivity contribution is -0.129. The number of rotatable bonds is 4. The fraction of sp³-hybridized carbons (Fsp3) is 0.565. The summed E-state index contributed by atoms with van der Waals surface area (Å²) in [5, 5.41) is 3.60. The number of amides is 2. The molecular formula is C23H31ClN4O4S. The number of hydrogen-bond donors (Lipinski definition) is 1. The summed E-state index contributed by atoms with van der Waals surface area (Å²) in [7, 11) is 3.23. The van der Waals surface area contributed by atoms with E-state index < -0.39 is 5.25 Å². The maximum atomic E-state index is 12.8. The fourth-order valence-corrected chi connectivity index (χ4v) is 4.99. The van der Waals surface area contributed by atoms with Crippen LogP contribution in [0.15, 0.2) is 28.2 Å². The van der Waals surface area contributed by atoms with Gasteiger partial charge in [-0.2, -0.15) is 0 Å². The largest absolute Gasteiger partial charge is 0.381 e. The molecule has 2 fully saturated rings. The van der Waals surface area contributed by atoms with Crippen LogP contribution in [0, 0.1) is 5.92 Å². The van der Waals surface area contributed by atoms with E-state index in [9.17, 15) is 14.4 Å². The molecule has 0 aliphatic carbocycles. The van der Waals surface area contributed by atoms with Crippen LogP contribution in [0.3, 0.4) is 0 Å². The summed E-state index contributed by atoms with van der Waals surface area (Å²) < 4.78 is 6.50. The van der Waals surface area contributed by atoms with E-state index in [2.05, 4.69) is 10.3 Å². The van der Waals surface area contributed by atoms with Crippen LogP contribution in [0.4, 0.5) is 0 Å². The van der Waals surface area contributed by atoms with E-state index in [4.69, 9.17) is 16.3 Å². The Kier molecular flexibility index (Phi) is 9.17. The standard InChI is InChI=1S/C18H21ClN4O3S.C5H10O/c1-10(16(25)23-7-6-11(9-23)15(24)20-2)27-18-21-14-5-4-12(19)8-13(14)17(26)22(18)3;1-2-4-6-5-3-1/h4-5,8,10-11H,6-7,9H2,1-3H3,(H,20,24);1-5H2. The number of carbonyl (C=O) groups is 2. The minimum atomic E-state index is -0.420. The summed E-state index contributed by atoms with van der Waals surface area (Å²) in [6.45, 7) is 4.77. The van der Waals surface area contributed by atoms with E-state index in [1.165, 1.54) is 35.6 Å². The molecule has 2 aliphatic rings. The van der Waals surface area contributed by atoms with Crippen LogP contribution in [0.5, 0.6) is 0 Å². The van der Waals surface area contributed by atoms with Gasteiger partial charge in [0.1, 0.15) is 0 Å². The number of likely N-dealkylation sites (tertiary alicyclic amines) is 1. The van der Waals surface area contributed by atoms with Crippen molar-refractivity contribution in [2.45, 2.75) is 43.0 Å². The number of fused-ring (bicyclic) bond motifs is 1. The molecule has 1 aromatic heterocycles. The lowest BCUT2D eigenvalue weighted by Gasteiger charge is -2.21. The van der Waals surface area contributed by atoms with Gasteiger partial charge in [-0.05, 0) is 50.8 Å². The minimum Gasteiger partial charge on any atom is -0.381 e. The Morgan fingerprint density at radius 3 is 2.61 bits per heavy atom. The molecule has 3 heterocycles. The number of ether oxygens (including phenoxy) is 1. The van der Waals surface area contributed by atoms with Gasteiger partial charge in [-0.3, -0.25) is 19.0 Å². The molecule has 0 saturated carbocycles. The smallest absolute Gasteiger partial charge is 0.261 e. The van der Waals surface area contributed by atoms with Crippen molar-refractivity contribution in [2.24, 2.45) is 13.0 Å². The van der Waals surface area contributed by atoms with Gasteiger partial charge in [0.2, 0.25) is 11.8 Å². The van der Waals surface area contributed by atoms with Gasteiger partial charge < -0.3 is 15.0 Å². The molecule has 0 radical (unpaired) electrons. The third-order valence-electron chi connectivity index (χ3n) is 5.82. The highest BCUT2D eigenvalue weighted by Gasteiger charge is 2.33. The molecule has 0 bridgehead atoms. The zero-order valence-electron chi connectivity index (χ0n) is 19.3. The van der Waals surface area contributed by atoms with Gasteiger partial charge >= 0.3 is 0 Å². The molecule has 10 heteroatoms. The van der Waals surface area contributed by atoms with Crippen LogP contribution < -0.4 is 10.9 Å². The quantitative estimate of drug-likeness (QED) is 0.519. The Labute approximate surface area is 203 Å². The molecule has 8 nitrogen and oxygen atoms in total. The minimum absolute atomic E-state index is 0.0390. The molecule has 2 unspecified atom stereocenters. The van der Waals surface area contributed by atoms with Gasteiger partial charge in [-0.25, -0.2) is 4.98 Å². The van der Waals surface area contributed by atoms with E-state index in [0.29, 0.717) is 40.6 Å². The topological polar surface area (TPSA) is 93.5 Å².